The maximum atomic E-state index is 13.5. The van der Waals surface area contributed by atoms with Gasteiger partial charge in [0, 0.05) is 31.7 Å². The van der Waals surface area contributed by atoms with Gasteiger partial charge in [0.15, 0.2) is 0 Å². The van der Waals surface area contributed by atoms with Crippen LogP contribution in [0.4, 0.5) is 35.2 Å². The largest absolute Gasteiger partial charge is 0.465 e. The Bertz CT molecular complexity index is 1140. The van der Waals surface area contributed by atoms with Crippen LogP contribution >= 0.6 is 11.6 Å². The van der Waals surface area contributed by atoms with Crippen molar-refractivity contribution in [3.8, 4) is 0 Å². The van der Waals surface area contributed by atoms with Crippen LogP contribution in [0.15, 0.2) is 30.3 Å². The lowest BCUT2D eigenvalue weighted by atomic mass is 9.99. The molecule has 1 saturated heterocycles. The van der Waals surface area contributed by atoms with E-state index in [1.807, 2.05) is 0 Å². The van der Waals surface area contributed by atoms with Crippen LogP contribution in [0.25, 0.3) is 0 Å². The number of likely N-dealkylation sites (N-methyl/N-ethyl adjacent to an activating group) is 1. The van der Waals surface area contributed by atoms with E-state index in [9.17, 15) is 32.7 Å². The summed E-state index contributed by atoms with van der Waals surface area (Å²) in [5.74, 6) is -2.78. The van der Waals surface area contributed by atoms with Crippen molar-refractivity contribution < 1.29 is 37.8 Å². The Balaban J connectivity index is 2.07. The Morgan fingerprint density at radius 2 is 2.00 bits per heavy atom. The number of nitrogens with zero attached hydrogens (tertiary/aromatic N) is 3. The van der Waals surface area contributed by atoms with Crippen LogP contribution < -0.4 is 15.1 Å². The van der Waals surface area contributed by atoms with Crippen LogP contribution in [0.1, 0.15) is 17.7 Å². The van der Waals surface area contributed by atoms with Gasteiger partial charge < -0.3 is 15.1 Å². The predicted molar refractivity (Wildman–Crippen MR) is 117 cm³/mol. The molecule has 3 amide bonds. The van der Waals surface area contributed by atoms with Gasteiger partial charge in [-0.1, -0.05) is 17.7 Å². The van der Waals surface area contributed by atoms with Gasteiger partial charge in [-0.15, -0.1) is 0 Å². The van der Waals surface area contributed by atoms with Gasteiger partial charge >= 0.3 is 12.3 Å². The minimum atomic E-state index is -4.71. The summed E-state index contributed by atoms with van der Waals surface area (Å²) in [4.78, 5) is 43.4. The highest BCUT2D eigenvalue weighted by atomic mass is 35.5. The highest BCUT2D eigenvalue weighted by Gasteiger charge is 2.47. The van der Waals surface area contributed by atoms with E-state index < -0.39 is 48.2 Å². The number of carboxylic acid groups (broad SMARTS) is 1. The molecule has 34 heavy (non-hydrogen) atoms. The number of nitrogens with one attached hydrogen (secondary N) is 1. The van der Waals surface area contributed by atoms with E-state index in [0.29, 0.717) is 6.07 Å². The number of para-hydroxylation sites is 1. The van der Waals surface area contributed by atoms with E-state index in [2.05, 4.69) is 10.3 Å². The van der Waals surface area contributed by atoms with Crippen molar-refractivity contribution in [2.24, 2.45) is 5.92 Å². The highest BCUT2D eigenvalue weighted by molar-refractivity contribution is 6.34. The lowest BCUT2D eigenvalue weighted by Gasteiger charge is -2.31. The molecular weight excluding hydrogens is 481 g/mol. The minimum Gasteiger partial charge on any atom is -0.465 e. The number of aromatic nitrogens is 1. The number of rotatable bonds is 5. The summed E-state index contributed by atoms with van der Waals surface area (Å²) >= 11 is 6.08. The fourth-order valence-corrected chi connectivity index (χ4v) is 4.04. The first kappa shape index (κ1) is 25.2. The average molecular weight is 501 g/mol. The van der Waals surface area contributed by atoms with Gasteiger partial charge in [-0.25, -0.2) is 9.78 Å². The monoisotopic (exact) mass is 500 g/mol. The molecule has 1 aromatic carbocycles. The number of carbonyl (C=O) groups excluding carboxylic acids is 2. The van der Waals surface area contributed by atoms with Crippen molar-refractivity contribution in [3.05, 3.63) is 46.6 Å². The summed E-state index contributed by atoms with van der Waals surface area (Å²) < 4.78 is 40.1. The number of halogens is 4. The number of alkyl halides is 3. The van der Waals surface area contributed by atoms with E-state index >= 15 is 0 Å². The Kier molecular flexibility index (Phi) is 7.03. The predicted octanol–water partition coefficient (Wildman–Crippen LogP) is 3.53. The number of benzene rings is 1. The summed E-state index contributed by atoms with van der Waals surface area (Å²) in [5, 5.41) is 21.0. The zero-order valence-corrected chi connectivity index (χ0v) is 18.7. The van der Waals surface area contributed by atoms with Gasteiger partial charge in [0.05, 0.1) is 22.0 Å². The van der Waals surface area contributed by atoms with E-state index in [4.69, 9.17) is 16.7 Å². The summed E-state index contributed by atoms with van der Waals surface area (Å²) in [6.45, 7) is 0.724. The zero-order valence-electron chi connectivity index (χ0n) is 17.9. The van der Waals surface area contributed by atoms with Crippen LogP contribution in [-0.2, 0) is 15.8 Å². The third kappa shape index (κ3) is 4.92. The summed E-state index contributed by atoms with van der Waals surface area (Å²) in [5.41, 5.74) is -1.12. The van der Waals surface area contributed by atoms with Crippen molar-refractivity contribution in [2.75, 3.05) is 28.8 Å². The fourth-order valence-electron chi connectivity index (χ4n) is 3.83. The molecule has 1 aromatic heterocycles. The van der Waals surface area contributed by atoms with Gasteiger partial charge in [-0.2, -0.15) is 13.2 Å². The number of hydrogen-bond donors (Lipinski definition) is 3. The van der Waals surface area contributed by atoms with E-state index in [1.54, 1.807) is 0 Å². The van der Waals surface area contributed by atoms with E-state index in [0.717, 1.165) is 15.9 Å². The highest BCUT2D eigenvalue weighted by Crippen LogP contribution is 2.38. The van der Waals surface area contributed by atoms with Crippen LogP contribution in [0.2, 0.25) is 5.02 Å². The summed E-state index contributed by atoms with van der Waals surface area (Å²) in [7, 11) is 1.29. The van der Waals surface area contributed by atoms with Crippen molar-refractivity contribution in [1.82, 2.24) is 4.98 Å². The molecule has 3 N–H and O–H groups in total. The number of aliphatic hydroxyl groups is 1. The molecule has 9 nitrogen and oxygen atoms in total. The van der Waals surface area contributed by atoms with Crippen LogP contribution in [0.3, 0.4) is 0 Å². The van der Waals surface area contributed by atoms with E-state index in [1.165, 1.54) is 32.2 Å². The molecule has 0 bridgehead atoms. The Morgan fingerprint density at radius 3 is 2.59 bits per heavy atom. The minimum absolute atomic E-state index is 0.00668. The molecule has 2 heterocycles. The van der Waals surface area contributed by atoms with Crippen LogP contribution in [0.5, 0.6) is 0 Å². The first-order valence-electron chi connectivity index (χ1n) is 9.90. The third-order valence-corrected chi connectivity index (χ3v) is 5.66. The summed E-state index contributed by atoms with van der Waals surface area (Å²) in [6.07, 6.45) is -6.45. The maximum absolute atomic E-state index is 13.5. The molecule has 3 rings (SSSR count). The molecule has 0 radical (unpaired) electrons. The standard InChI is InChI=1S/C21H20ClF3N4O5/c1-10-6-12(21(23,24)25)8-15(26-10)29-16(31)7-11(9-30)18(29)19(32)28(2)14-5-3-4-13(22)17(14)27-20(33)34/h3-6,8,11,18,27,30H,7,9H2,1-2H3,(H,33,34)/t11-,18+/m1/s1. The maximum Gasteiger partial charge on any atom is 0.416 e. The Hall–Kier alpha value is -3.38. The smallest absolute Gasteiger partial charge is 0.416 e. The molecular formula is C21H20ClF3N4O5. The Labute approximate surface area is 196 Å². The van der Waals surface area contributed by atoms with Gasteiger partial charge in [0.25, 0.3) is 0 Å². The quantitative estimate of drug-likeness (QED) is 0.577. The normalized spacial score (nSPS) is 18.2. The van der Waals surface area contributed by atoms with Crippen molar-refractivity contribution in [3.63, 3.8) is 0 Å². The number of hydrogen-bond acceptors (Lipinski definition) is 5. The molecule has 1 aliphatic rings. The molecule has 13 heteroatoms. The molecule has 1 aliphatic heterocycles. The second-order valence-corrected chi connectivity index (χ2v) is 8.08. The number of pyridine rings is 1. The number of anilines is 3. The molecule has 0 spiro atoms. The zero-order chi connectivity index (χ0) is 25.4. The third-order valence-electron chi connectivity index (χ3n) is 5.35. The van der Waals surface area contributed by atoms with Crippen LogP contribution in [0, 0.1) is 12.8 Å². The SMILES string of the molecule is Cc1cc(C(F)(F)F)cc(N2C(=O)C[C@H](CO)[C@H]2C(=O)N(C)c2cccc(Cl)c2NC(=O)O)n1. The molecule has 1 fully saturated rings. The van der Waals surface area contributed by atoms with Crippen molar-refractivity contribution >= 4 is 46.7 Å². The van der Waals surface area contributed by atoms with E-state index in [-0.39, 0.29) is 34.3 Å². The first-order chi connectivity index (χ1) is 15.8. The Morgan fingerprint density at radius 1 is 1.32 bits per heavy atom. The molecule has 0 saturated carbocycles. The second kappa shape index (κ2) is 9.47. The molecule has 0 aliphatic carbocycles. The lowest BCUT2D eigenvalue weighted by Crippen LogP contribution is -2.49. The van der Waals surface area contributed by atoms with Gasteiger partial charge in [-0.05, 0) is 31.2 Å². The van der Waals surface area contributed by atoms with Gasteiger partial charge in [-0.3, -0.25) is 19.8 Å². The molecule has 2 atom stereocenters. The number of aliphatic hydroxyl groups excluding tert-OH is 1. The second-order valence-electron chi connectivity index (χ2n) is 7.67. The molecule has 0 unspecified atom stereocenters. The lowest BCUT2D eigenvalue weighted by molar-refractivity contribution is -0.137. The van der Waals surface area contributed by atoms with Crippen molar-refractivity contribution in [2.45, 2.75) is 25.6 Å². The topological polar surface area (TPSA) is 123 Å². The number of aryl methyl sites for hydroxylation is 1. The number of carbonyl (C=O) groups is 3. The molecule has 2 aromatic rings. The van der Waals surface area contributed by atoms with Crippen molar-refractivity contribution in [1.29, 1.82) is 0 Å². The van der Waals surface area contributed by atoms with Crippen LogP contribution in [-0.4, -0.2) is 52.8 Å². The molecule has 182 valence electrons. The first-order valence-corrected chi connectivity index (χ1v) is 10.3. The number of amides is 3. The fraction of sp³-hybridized carbons (Fsp3) is 0.333. The summed E-state index contributed by atoms with van der Waals surface area (Å²) in [6, 6.07) is 4.35. The average Bonchev–Trinajstić information content (AvgIpc) is 3.09. The van der Waals surface area contributed by atoms with Gasteiger partial charge in [0.1, 0.15) is 11.9 Å². The van der Waals surface area contributed by atoms with Gasteiger partial charge in [0.2, 0.25) is 11.8 Å².